The van der Waals surface area contributed by atoms with Crippen molar-refractivity contribution in [2.75, 3.05) is 43.5 Å². The Balaban J connectivity index is 1.26. The molecule has 3 aromatic carbocycles. The number of rotatable bonds is 17. The van der Waals surface area contributed by atoms with E-state index in [4.69, 9.17) is 9.47 Å². The molecule has 0 atom stereocenters. The summed E-state index contributed by atoms with van der Waals surface area (Å²) < 4.78 is 12.1. The molecule has 3 N–H and O–H groups in total. The predicted molar refractivity (Wildman–Crippen MR) is 167 cm³/mol. The van der Waals surface area contributed by atoms with E-state index in [0.717, 1.165) is 79.1 Å². The van der Waals surface area contributed by atoms with Crippen LogP contribution in [0.2, 0.25) is 0 Å². The summed E-state index contributed by atoms with van der Waals surface area (Å²) in [5, 5.41) is 15.7. The lowest BCUT2D eigenvalue weighted by atomic mass is 10.1. The van der Waals surface area contributed by atoms with E-state index in [0.29, 0.717) is 18.5 Å². The minimum Gasteiger partial charge on any atom is -0.494 e. The van der Waals surface area contributed by atoms with Gasteiger partial charge in [-0.2, -0.15) is 5.10 Å². The van der Waals surface area contributed by atoms with Crippen molar-refractivity contribution in [1.82, 2.24) is 15.1 Å². The standard InChI is InChI=1S/C33H43N5O3/c1-4-28(5-2)41-21-19-38(6-3)18-11-20-40-29-16-17-30-25(22-29)12-10-15-31(30)35-32-23-27(36-37-32)24-33(39)34-26-13-8-7-9-14-26/h7-10,12-17,22-23,28H,4-6,11,18-21,24H2,1-3H3,(H,34,39)(H2,35,36,37). The van der Waals surface area contributed by atoms with Gasteiger partial charge < -0.3 is 25.0 Å². The Morgan fingerprint density at radius 3 is 2.56 bits per heavy atom. The van der Waals surface area contributed by atoms with E-state index in [1.807, 2.05) is 54.6 Å². The maximum absolute atomic E-state index is 12.4. The van der Waals surface area contributed by atoms with Crippen LogP contribution in [0.3, 0.4) is 0 Å². The van der Waals surface area contributed by atoms with Crippen molar-refractivity contribution in [3.63, 3.8) is 0 Å². The molecule has 8 nitrogen and oxygen atoms in total. The van der Waals surface area contributed by atoms with E-state index >= 15 is 0 Å². The van der Waals surface area contributed by atoms with Gasteiger partial charge in [0.1, 0.15) is 5.75 Å². The third-order valence-corrected chi connectivity index (χ3v) is 7.16. The van der Waals surface area contributed by atoms with Crippen LogP contribution in [0.4, 0.5) is 17.2 Å². The molecule has 1 amide bonds. The van der Waals surface area contributed by atoms with Crippen LogP contribution >= 0.6 is 0 Å². The van der Waals surface area contributed by atoms with Crippen molar-refractivity contribution < 1.29 is 14.3 Å². The first-order valence-corrected chi connectivity index (χ1v) is 14.7. The molecule has 0 saturated carbocycles. The number of likely N-dealkylation sites (N-methyl/N-ethyl adjacent to an activating group) is 1. The third-order valence-electron chi connectivity index (χ3n) is 7.16. The Bertz CT molecular complexity index is 1350. The van der Waals surface area contributed by atoms with E-state index in [1.54, 1.807) is 0 Å². The molecule has 0 bridgehead atoms. The zero-order valence-corrected chi connectivity index (χ0v) is 24.5. The maximum Gasteiger partial charge on any atom is 0.230 e. The monoisotopic (exact) mass is 557 g/mol. The first-order valence-electron chi connectivity index (χ1n) is 14.7. The van der Waals surface area contributed by atoms with Crippen LogP contribution in [0.5, 0.6) is 5.75 Å². The van der Waals surface area contributed by atoms with Gasteiger partial charge in [0.05, 0.1) is 25.7 Å². The van der Waals surface area contributed by atoms with E-state index < -0.39 is 0 Å². The molecule has 4 rings (SSSR count). The molecule has 218 valence electrons. The average molecular weight is 558 g/mol. The molecule has 0 aliphatic carbocycles. The number of anilines is 3. The second-order valence-electron chi connectivity index (χ2n) is 10.1. The second-order valence-corrected chi connectivity index (χ2v) is 10.1. The Morgan fingerprint density at radius 2 is 1.78 bits per heavy atom. The van der Waals surface area contributed by atoms with Crippen LogP contribution in [-0.2, 0) is 16.0 Å². The molecule has 4 aromatic rings. The molecule has 0 fully saturated rings. The number of ether oxygens (including phenoxy) is 2. The topological polar surface area (TPSA) is 91.5 Å². The highest BCUT2D eigenvalue weighted by atomic mass is 16.5. The number of amides is 1. The van der Waals surface area contributed by atoms with Crippen molar-refractivity contribution in [3.05, 3.63) is 78.5 Å². The molecular weight excluding hydrogens is 514 g/mol. The Kier molecular flexibility index (Phi) is 11.6. The van der Waals surface area contributed by atoms with Crippen LogP contribution < -0.4 is 15.4 Å². The van der Waals surface area contributed by atoms with Gasteiger partial charge in [0.15, 0.2) is 5.82 Å². The summed E-state index contributed by atoms with van der Waals surface area (Å²) in [5.41, 5.74) is 2.45. The highest BCUT2D eigenvalue weighted by molar-refractivity contribution is 5.96. The fourth-order valence-electron chi connectivity index (χ4n) is 4.79. The minimum absolute atomic E-state index is 0.0994. The molecule has 1 aromatic heterocycles. The highest BCUT2D eigenvalue weighted by Gasteiger charge is 2.10. The number of carbonyl (C=O) groups excluding carboxylic acids is 1. The number of nitrogens with one attached hydrogen (secondary N) is 3. The van der Waals surface area contributed by atoms with Gasteiger partial charge in [-0.25, -0.2) is 0 Å². The zero-order chi connectivity index (χ0) is 28.9. The molecule has 0 aliphatic heterocycles. The van der Waals surface area contributed by atoms with Crippen LogP contribution in [0.1, 0.15) is 45.7 Å². The normalized spacial score (nSPS) is 11.3. The van der Waals surface area contributed by atoms with Crippen LogP contribution in [-0.4, -0.2) is 60.0 Å². The number of hydrogen-bond donors (Lipinski definition) is 3. The number of benzene rings is 3. The third kappa shape index (κ3) is 9.33. The molecule has 1 heterocycles. The summed E-state index contributed by atoms with van der Waals surface area (Å²) in [6, 6.07) is 23.6. The summed E-state index contributed by atoms with van der Waals surface area (Å²) >= 11 is 0. The van der Waals surface area contributed by atoms with Crippen molar-refractivity contribution >= 4 is 33.9 Å². The van der Waals surface area contributed by atoms with Gasteiger partial charge >= 0.3 is 0 Å². The first kappa shape index (κ1) is 30.1. The molecular formula is C33H43N5O3. The smallest absolute Gasteiger partial charge is 0.230 e. The molecule has 0 radical (unpaired) electrons. The molecule has 41 heavy (non-hydrogen) atoms. The van der Waals surface area contributed by atoms with Crippen molar-refractivity contribution in [3.8, 4) is 5.75 Å². The number of aromatic nitrogens is 2. The fraction of sp³-hybridized carbons (Fsp3) is 0.394. The number of H-pyrrole nitrogens is 1. The number of para-hydroxylation sites is 1. The molecule has 0 aliphatic rings. The van der Waals surface area contributed by atoms with Crippen molar-refractivity contribution in [1.29, 1.82) is 0 Å². The van der Waals surface area contributed by atoms with E-state index in [9.17, 15) is 4.79 Å². The Labute approximate surface area is 243 Å². The number of hydrogen-bond acceptors (Lipinski definition) is 6. The fourth-order valence-corrected chi connectivity index (χ4v) is 4.79. The Hall–Kier alpha value is -3.88. The summed E-state index contributed by atoms with van der Waals surface area (Å²) in [5.74, 6) is 1.42. The van der Waals surface area contributed by atoms with Gasteiger partial charge in [0.2, 0.25) is 5.91 Å². The zero-order valence-electron chi connectivity index (χ0n) is 24.5. The Morgan fingerprint density at radius 1 is 0.951 bits per heavy atom. The summed E-state index contributed by atoms with van der Waals surface area (Å²) in [4.78, 5) is 14.8. The second kappa shape index (κ2) is 15.8. The quantitative estimate of drug-likeness (QED) is 0.124. The van der Waals surface area contributed by atoms with Gasteiger partial charge in [0.25, 0.3) is 0 Å². The summed E-state index contributed by atoms with van der Waals surface area (Å²) in [7, 11) is 0. The molecule has 8 heteroatoms. The lowest BCUT2D eigenvalue weighted by molar-refractivity contribution is -0.115. The van der Waals surface area contributed by atoms with E-state index in [1.165, 1.54) is 0 Å². The van der Waals surface area contributed by atoms with Gasteiger partial charge in [-0.15, -0.1) is 0 Å². The van der Waals surface area contributed by atoms with Crippen molar-refractivity contribution in [2.45, 2.75) is 52.6 Å². The average Bonchev–Trinajstić information content (AvgIpc) is 3.43. The highest BCUT2D eigenvalue weighted by Crippen LogP contribution is 2.29. The van der Waals surface area contributed by atoms with Gasteiger partial charge in [-0.3, -0.25) is 9.89 Å². The first-order chi connectivity index (χ1) is 20.1. The molecule has 0 saturated heterocycles. The van der Waals surface area contributed by atoms with Gasteiger partial charge in [-0.1, -0.05) is 51.1 Å². The lowest BCUT2D eigenvalue weighted by Gasteiger charge is -2.22. The van der Waals surface area contributed by atoms with E-state index in [2.05, 4.69) is 64.7 Å². The van der Waals surface area contributed by atoms with Gasteiger partial charge in [-0.05, 0) is 67.6 Å². The lowest BCUT2D eigenvalue weighted by Crippen LogP contribution is -2.30. The summed E-state index contributed by atoms with van der Waals surface area (Å²) in [6.07, 6.45) is 3.68. The van der Waals surface area contributed by atoms with E-state index in [-0.39, 0.29) is 12.3 Å². The van der Waals surface area contributed by atoms with Gasteiger partial charge in [0, 0.05) is 41.6 Å². The molecule has 0 spiro atoms. The number of aromatic amines is 1. The number of carbonyl (C=O) groups is 1. The maximum atomic E-state index is 12.4. The predicted octanol–water partition coefficient (Wildman–Crippen LogP) is 6.78. The largest absolute Gasteiger partial charge is 0.494 e. The van der Waals surface area contributed by atoms with Crippen LogP contribution in [0, 0.1) is 0 Å². The van der Waals surface area contributed by atoms with Crippen molar-refractivity contribution in [2.24, 2.45) is 0 Å². The molecule has 0 unspecified atom stereocenters. The number of nitrogens with zero attached hydrogens (tertiary/aromatic N) is 2. The van der Waals surface area contributed by atoms with Crippen LogP contribution in [0.25, 0.3) is 10.8 Å². The minimum atomic E-state index is -0.0994. The SMILES string of the molecule is CCC(CC)OCCN(CC)CCCOc1ccc2c(Nc3cc(CC(=O)Nc4ccccc4)[nH]n3)cccc2c1. The van der Waals surface area contributed by atoms with Crippen LogP contribution in [0.15, 0.2) is 72.8 Å². The number of fused-ring (bicyclic) bond motifs is 1. The summed E-state index contributed by atoms with van der Waals surface area (Å²) in [6.45, 7) is 11.0.